The summed E-state index contributed by atoms with van der Waals surface area (Å²) >= 11 is 7.26. The number of thiazole rings is 1. The second kappa shape index (κ2) is 7.73. The fourth-order valence-electron chi connectivity index (χ4n) is 2.70. The van der Waals surface area contributed by atoms with Gasteiger partial charge < -0.3 is 10.6 Å². The topological polar surface area (TPSA) is 66.9 Å². The molecule has 2 aromatic carbocycles. The third kappa shape index (κ3) is 4.24. The number of anilines is 3. The molecule has 1 amide bonds. The maximum Gasteiger partial charge on any atom is 0.230 e. The highest BCUT2D eigenvalue weighted by molar-refractivity contribution is 7.13. The van der Waals surface area contributed by atoms with Gasteiger partial charge in [0.2, 0.25) is 5.91 Å². The van der Waals surface area contributed by atoms with E-state index in [4.69, 9.17) is 11.6 Å². The van der Waals surface area contributed by atoms with E-state index in [1.807, 2.05) is 47.8 Å². The third-order valence-corrected chi connectivity index (χ3v) is 4.95. The lowest BCUT2D eigenvalue weighted by molar-refractivity contribution is -0.115. The third-order valence-electron chi connectivity index (χ3n) is 3.92. The van der Waals surface area contributed by atoms with Gasteiger partial charge in [-0.2, -0.15) is 0 Å². The molecule has 0 saturated carbocycles. The number of pyridine rings is 1. The average Bonchev–Trinajstić information content (AvgIpc) is 3.10. The highest BCUT2D eigenvalue weighted by atomic mass is 35.5. The summed E-state index contributed by atoms with van der Waals surface area (Å²) in [6, 6.07) is 17.3. The van der Waals surface area contributed by atoms with Crippen LogP contribution < -0.4 is 10.6 Å². The average molecular weight is 395 g/mol. The Bertz CT molecular complexity index is 1090. The first-order valence-electron chi connectivity index (χ1n) is 8.28. The van der Waals surface area contributed by atoms with Crippen molar-refractivity contribution in [2.24, 2.45) is 0 Å². The number of carbonyl (C=O) groups excluding carboxylic acids is 1. The molecule has 0 atom stereocenters. The molecule has 4 aromatic rings. The summed E-state index contributed by atoms with van der Waals surface area (Å²) in [6.45, 7) is 0. The molecule has 0 bridgehead atoms. The Labute approximate surface area is 165 Å². The van der Waals surface area contributed by atoms with Crippen LogP contribution in [0.5, 0.6) is 0 Å². The van der Waals surface area contributed by atoms with Crippen LogP contribution in [-0.4, -0.2) is 15.9 Å². The molecule has 0 aliphatic rings. The van der Waals surface area contributed by atoms with Crippen LogP contribution in [-0.2, 0) is 11.2 Å². The first-order chi connectivity index (χ1) is 13.2. The summed E-state index contributed by atoms with van der Waals surface area (Å²) in [4.78, 5) is 21.1. The number of amides is 1. The number of aromatic nitrogens is 2. The van der Waals surface area contributed by atoms with Crippen LogP contribution >= 0.6 is 22.9 Å². The number of hydrogen-bond acceptors (Lipinski definition) is 5. The molecule has 0 aliphatic heterocycles. The molecule has 5 nitrogen and oxygen atoms in total. The van der Waals surface area contributed by atoms with Crippen LogP contribution in [0.15, 0.2) is 66.2 Å². The predicted octanol–water partition coefficient (Wildman–Crippen LogP) is 5.27. The van der Waals surface area contributed by atoms with Crippen molar-refractivity contribution in [1.29, 1.82) is 0 Å². The van der Waals surface area contributed by atoms with E-state index in [-0.39, 0.29) is 12.3 Å². The van der Waals surface area contributed by atoms with Gasteiger partial charge in [0, 0.05) is 22.7 Å². The number of rotatable bonds is 5. The molecule has 27 heavy (non-hydrogen) atoms. The Morgan fingerprint density at radius 1 is 1.07 bits per heavy atom. The maximum absolute atomic E-state index is 12.4. The van der Waals surface area contributed by atoms with Crippen LogP contribution in [0.2, 0.25) is 5.02 Å². The van der Waals surface area contributed by atoms with E-state index in [1.54, 1.807) is 18.3 Å². The molecule has 134 valence electrons. The van der Waals surface area contributed by atoms with Crippen molar-refractivity contribution in [3.63, 3.8) is 0 Å². The van der Waals surface area contributed by atoms with Crippen LogP contribution in [0.4, 0.5) is 16.6 Å². The van der Waals surface area contributed by atoms with Gasteiger partial charge in [-0.1, -0.05) is 48.0 Å². The number of fused-ring (bicyclic) bond motifs is 1. The fraction of sp³-hybridized carbons (Fsp3) is 0.0500. The van der Waals surface area contributed by atoms with Crippen LogP contribution in [0.3, 0.4) is 0 Å². The van der Waals surface area contributed by atoms with E-state index >= 15 is 0 Å². The quantitative estimate of drug-likeness (QED) is 0.484. The first kappa shape index (κ1) is 17.5. The Morgan fingerprint density at radius 3 is 2.78 bits per heavy atom. The lowest BCUT2D eigenvalue weighted by atomic mass is 10.1. The van der Waals surface area contributed by atoms with Gasteiger partial charge in [0.05, 0.1) is 17.1 Å². The summed E-state index contributed by atoms with van der Waals surface area (Å²) < 4.78 is 0. The Hall–Kier alpha value is -2.96. The molecule has 0 radical (unpaired) electrons. The summed E-state index contributed by atoms with van der Waals surface area (Å²) in [5, 5.41) is 11.3. The van der Waals surface area contributed by atoms with E-state index in [2.05, 4.69) is 20.6 Å². The number of benzene rings is 2. The van der Waals surface area contributed by atoms with Gasteiger partial charge in [-0.25, -0.2) is 9.97 Å². The van der Waals surface area contributed by atoms with Crippen molar-refractivity contribution < 1.29 is 4.79 Å². The van der Waals surface area contributed by atoms with Gasteiger partial charge in [-0.15, -0.1) is 11.3 Å². The highest BCUT2D eigenvalue weighted by Gasteiger charge is 2.10. The largest absolute Gasteiger partial charge is 0.325 e. The summed E-state index contributed by atoms with van der Waals surface area (Å²) in [7, 11) is 0. The van der Waals surface area contributed by atoms with Gasteiger partial charge in [-0.05, 0) is 23.6 Å². The molecule has 4 rings (SSSR count). The monoisotopic (exact) mass is 394 g/mol. The summed E-state index contributed by atoms with van der Waals surface area (Å²) in [6.07, 6.45) is 1.77. The predicted molar refractivity (Wildman–Crippen MR) is 111 cm³/mol. The standard InChI is InChI=1S/C20H15ClN4OS/c21-14-8-9-18(22-11-14)25-20-23-15(12-27-20)10-19(26)24-17-7-3-5-13-4-1-2-6-16(13)17/h1-9,11-12H,10H2,(H,24,26)(H,22,23,25). The van der Waals surface area contributed by atoms with Crippen molar-refractivity contribution in [1.82, 2.24) is 9.97 Å². The van der Waals surface area contributed by atoms with Crippen molar-refractivity contribution in [2.45, 2.75) is 6.42 Å². The molecule has 0 spiro atoms. The van der Waals surface area contributed by atoms with E-state index in [1.165, 1.54) is 11.3 Å². The summed E-state index contributed by atoms with van der Waals surface area (Å²) in [5.74, 6) is 0.549. The van der Waals surface area contributed by atoms with E-state index in [0.29, 0.717) is 21.7 Å². The molecule has 0 saturated heterocycles. The number of nitrogens with zero attached hydrogens (tertiary/aromatic N) is 2. The maximum atomic E-state index is 12.4. The first-order valence-corrected chi connectivity index (χ1v) is 9.54. The van der Waals surface area contributed by atoms with E-state index < -0.39 is 0 Å². The molecule has 0 unspecified atom stereocenters. The number of nitrogens with one attached hydrogen (secondary N) is 2. The zero-order valence-corrected chi connectivity index (χ0v) is 15.7. The van der Waals surface area contributed by atoms with Gasteiger partial charge in [0.1, 0.15) is 5.82 Å². The zero-order chi connectivity index (χ0) is 18.6. The van der Waals surface area contributed by atoms with Crippen molar-refractivity contribution in [2.75, 3.05) is 10.6 Å². The van der Waals surface area contributed by atoms with Crippen LogP contribution in [0.1, 0.15) is 5.69 Å². The van der Waals surface area contributed by atoms with Gasteiger partial charge in [0.15, 0.2) is 5.13 Å². The Balaban J connectivity index is 1.42. The molecular weight excluding hydrogens is 380 g/mol. The van der Waals surface area contributed by atoms with Crippen molar-refractivity contribution in [3.05, 3.63) is 76.9 Å². The minimum Gasteiger partial charge on any atom is -0.325 e. The molecule has 0 aliphatic carbocycles. The van der Waals surface area contributed by atoms with Gasteiger partial charge in [-0.3, -0.25) is 4.79 Å². The van der Waals surface area contributed by atoms with E-state index in [0.717, 1.165) is 16.5 Å². The smallest absolute Gasteiger partial charge is 0.230 e. The summed E-state index contributed by atoms with van der Waals surface area (Å²) in [5.41, 5.74) is 1.51. The van der Waals surface area contributed by atoms with Gasteiger partial charge in [0.25, 0.3) is 0 Å². The van der Waals surface area contributed by atoms with Crippen molar-refractivity contribution in [3.8, 4) is 0 Å². The van der Waals surface area contributed by atoms with Gasteiger partial charge >= 0.3 is 0 Å². The molecule has 2 aromatic heterocycles. The SMILES string of the molecule is O=C(Cc1csc(Nc2ccc(Cl)cn2)n1)Nc1cccc2ccccc12. The highest BCUT2D eigenvalue weighted by Crippen LogP contribution is 2.24. The Kier molecular flexibility index (Phi) is 5.00. The number of hydrogen-bond donors (Lipinski definition) is 2. The van der Waals surface area contributed by atoms with Crippen LogP contribution in [0.25, 0.3) is 10.8 Å². The Morgan fingerprint density at radius 2 is 1.93 bits per heavy atom. The second-order valence-corrected chi connectivity index (χ2v) is 7.18. The second-order valence-electron chi connectivity index (χ2n) is 5.88. The normalized spacial score (nSPS) is 10.7. The minimum absolute atomic E-state index is 0.104. The lowest BCUT2D eigenvalue weighted by Gasteiger charge is -2.08. The number of carbonyl (C=O) groups is 1. The molecule has 2 heterocycles. The molecule has 7 heteroatoms. The van der Waals surface area contributed by atoms with E-state index in [9.17, 15) is 4.79 Å². The molecular formula is C20H15ClN4OS. The number of halogens is 1. The van der Waals surface area contributed by atoms with Crippen LogP contribution in [0, 0.1) is 0 Å². The molecule has 0 fully saturated rings. The van der Waals surface area contributed by atoms with Crippen molar-refractivity contribution >= 4 is 56.3 Å². The zero-order valence-electron chi connectivity index (χ0n) is 14.1. The fourth-order valence-corrected chi connectivity index (χ4v) is 3.53. The molecule has 2 N–H and O–H groups in total. The minimum atomic E-state index is -0.104. The lowest BCUT2D eigenvalue weighted by Crippen LogP contribution is -2.14.